The van der Waals surface area contributed by atoms with Crippen molar-refractivity contribution < 1.29 is 9.59 Å². The van der Waals surface area contributed by atoms with Crippen LogP contribution in [0.1, 0.15) is 5.56 Å². The molecule has 6 nitrogen and oxygen atoms in total. The summed E-state index contributed by atoms with van der Waals surface area (Å²) in [4.78, 5) is 27.7. The number of rotatable bonds is 5. The van der Waals surface area contributed by atoms with Crippen LogP contribution in [0.5, 0.6) is 0 Å². The van der Waals surface area contributed by atoms with Gasteiger partial charge in [0.2, 0.25) is 0 Å². The number of nitrogens with two attached hydrogens (primary N) is 1. The maximum atomic E-state index is 12.3. The van der Waals surface area contributed by atoms with Gasteiger partial charge in [0.25, 0.3) is 11.8 Å². The van der Waals surface area contributed by atoms with Crippen LogP contribution in [-0.2, 0) is 9.59 Å². The van der Waals surface area contributed by atoms with Gasteiger partial charge < -0.3 is 16.5 Å². The lowest BCUT2D eigenvalue weighted by atomic mass is 10.1. The van der Waals surface area contributed by atoms with E-state index in [9.17, 15) is 9.59 Å². The van der Waals surface area contributed by atoms with Crippen molar-refractivity contribution in [3.05, 3.63) is 70.0 Å². The molecular weight excluding hydrogens is 351 g/mol. The summed E-state index contributed by atoms with van der Waals surface area (Å²) in [5, 5.41) is 11.0. The molecule has 4 N–H and O–H groups in total. The summed E-state index contributed by atoms with van der Waals surface area (Å²) < 4.78 is 0. The van der Waals surface area contributed by atoms with Gasteiger partial charge in [-0.3, -0.25) is 14.6 Å². The molecule has 1 heterocycles. The van der Waals surface area contributed by atoms with Crippen LogP contribution < -0.4 is 11.1 Å². The number of pyridine rings is 1. The number of nitrogens with zero attached hydrogens (tertiary/aromatic N) is 1. The van der Waals surface area contributed by atoms with E-state index >= 15 is 0 Å². The van der Waals surface area contributed by atoms with Crippen molar-refractivity contribution >= 4 is 46.4 Å². The van der Waals surface area contributed by atoms with Crippen LogP contribution in [-0.4, -0.2) is 22.5 Å². The van der Waals surface area contributed by atoms with Crippen LogP contribution in [0, 0.1) is 5.41 Å². The molecule has 1 aromatic heterocycles. The van der Waals surface area contributed by atoms with E-state index in [0.717, 1.165) is 6.08 Å². The molecular formula is C16H12Cl2N4O2. The normalized spacial score (nSPS) is 11.0. The fourth-order valence-electron chi connectivity index (χ4n) is 1.79. The zero-order valence-corrected chi connectivity index (χ0v) is 13.7. The molecule has 0 fully saturated rings. The Morgan fingerprint density at radius 1 is 1.17 bits per heavy atom. The maximum Gasteiger partial charge on any atom is 0.261 e. The van der Waals surface area contributed by atoms with Crippen molar-refractivity contribution in [1.29, 1.82) is 5.41 Å². The molecule has 1 aromatic carbocycles. The third kappa shape index (κ3) is 4.41. The first-order valence-electron chi connectivity index (χ1n) is 6.65. The summed E-state index contributed by atoms with van der Waals surface area (Å²) in [7, 11) is 0. The van der Waals surface area contributed by atoms with Gasteiger partial charge in [-0.25, -0.2) is 0 Å². The number of carbonyl (C=O) groups excluding carboxylic acids is 2. The molecule has 122 valence electrons. The predicted octanol–water partition coefficient (Wildman–Crippen LogP) is 2.81. The van der Waals surface area contributed by atoms with Gasteiger partial charge in [-0.1, -0.05) is 23.2 Å². The molecule has 0 aliphatic rings. The first-order chi connectivity index (χ1) is 11.4. The Labute approximate surface area is 147 Å². The first kappa shape index (κ1) is 17.7. The molecule has 0 saturated carbocycles. The van der Waals surface area contributed by atoms with Gasteiger partial charge >= 0.3 is 0 Å². The summed E-state index contributed by atoms with van der Waals surface area (Å²) in [6, 6.07) is 7.63. The fourth-order valence-corrected chi connectivity index (χ4v) is 2.24. The van der Waals surface area contributed by atoms with Crippen molar-refractivity contribution in [2.24, 2.45) is 5.73 Å². The van der Waals surface area contributed by atoms with Crippen molar-refractivity contribution in [3.8, 4) is 0 Å². The van der Waals surface area contributed by atoms with Gasteiger partial charge in [-0.15, -0.1) is 0 Å². The van der Waals surface area contributed by atoms with Gasteiger partial charge in [0.15, 0.2) is 0 Å². The number of allylic oxidation sites excluding steroid dienone is 1. The summed E-state index contributed by atoms with van der Waals surface area (Å²) in [5.74, 6) is -1.73. The highest BCUT2D eigenvalue weighted by molar-refractivity contribution is 6.37. The number of benzene rings is 1. The van der Waals surface area contributed by atoms with E-state index in [4.69, 9.17) is 34.3 Å². The van der Waals surface area contributed by atoms with Crippen molar-refractivity contribution in [3.63, 3.8) is 0 Å². The van der Waals surface area contributed by atoms with Crippen molar-refractivity contribution in [1.82, 2.24) is 4.98 Å². The number of nitrogens with one attached hydrogen (secondary N) is 2. The number of primary amides is 1. The second-order valence-electron chi connectivity index (χ2n) is 4.65. The number of hydrogen-bond donors (Lipinski definition) is 3. The largest absolute Gasteiger partial charge is 0.365 e. The predicted molar refractivity (Wildman–Crippen MR) is 93.4 cm³/mol. The first-order valence-corrected chi connectivity index (χ1v) is 7.41. The van der Waals surface area contributed by atoms with E-state index in [-0.39, 0.29) is 22.0 Å². The Morgan fingerprint density at radius 3 is 2.42 bits per heavy atom. The summed E-state index contributed by atoms with van der Waals surface area (Å²) in [5.41, 5.74) is 5.58. The van der Waals surface area contributed by atoms with Crippen LogP contribution in [0.25, 0.3) is 0 Å². The van der Waals surface area contributed by atoms with E-state index in [1.165, 1.54) is 30.6 Å². The van der Waals surface area contributed by atoms with Gasteiger partial charge in [0.05, 0.1) is 16.4 Å². The second-order valence-corrected chi connectivity index (χ2v) is 5.49. The molecule has 0 aliphatic carbocycles. The van der Waals surface area contributed by atoms with Crippen LogP contribution in [0.15, 0.2) is 54.4 Å². The maximum absolute atomic E-state index is 12.3. The average molecular weight is 363 g/mol. The highest BCUT2D eigenvalue weighted by Crippen LogP contribution is 2.25. The lowest BCUT2D eigenvalue weighted by molar-refractivity contribution is -0.119. The molecule has 24 heavy (non-hydrogen) atoms. The third-order valence-electron chi connectivity index (χ3n) is 2.97. The topological polar surface area (TPSA) is 109 Å². The highest BCUT2D eigenvalue weighted by atomic mass is 35.5. The minimum atomic E-state index is -0.962. The van der Waals surface area contributed by atoms with E-state index in [1.54, 1.807) is 12.1 Å². The number of hydrogen-bond acceptors (Lipinski definition) is 4. The van der Waals surface area contributed by atoms with Crippen LogP contribution in [0.2, 0.25) is 10.0 Å². The Hall–Kier alpha value is -2.70. The third-order valence-corrected chi connectivity index (χ3v) is 3.52. The lowest BCUT2D eigenvalue weighted by Gasteiger charge is -2.09. The van der Waals surface area contributed by atoms with E-state index in [1.807, 2.05) is 0 Å². The van der Waals surface area contributed by atoms with Gasteiger partial charge in [-0.05, 0) is 36.4 Å². The van der Waals surface area contributed by atoms with E-state index in [0.29, 0.717) is 10.6 Å². The SMILES string of the molecule is N=C(/C=C(\C(N)=O)C(=O)Nc1ccc(Cl)cc1Cl)c1ccncc1. The van der Waals surface area contributed by atoms with Crippen LogP contribution >= 0.6 is 23.2 Å². The molecule has 2 aromatic rings. The number of carbonyl (C=O) groups is 2. The molecule has 2 amide bonds. The Morgan fingerprint density at radius 2 is 1.83 bits per heavy atom. The van der Waals surface area contributed by atoms with Crippen molar-refractivity contribution in [2.75, 3.05) is 5.32 Å². The number of halogens is 2. The molecule has 0 radical (unpaired) electrons. The van der Waals surface area contributed by atoms with Gasteiger partial charge in [-0.2, -0.15) is 0 Å². The van der Waals surface area contributed by atoms with Crippen LogP contribution in [0.4, 0.5) is 5.69 Å². The summed E-state index contributed by atoms with van der Waals surface area (Å²) in [6.07, 6.45) is 4.08. The molecule has 0 aliphatic heterocycles. The zero-order valence-electron chi connectivity index (χ0n) is 12.2. The van der Waals surface area contributed by atoms with Gasteiger partial charge in [0, 0.05) is 23.0 Å². The van der Waals surface area contributed by atoms with Crippen LogP contribution in [0.3, 0.4) is 0 Å². The Bertz CT molecular complexity index is 835. The smallest absolute Gasteiger partial charge is 0.261 e. The zero-order chi connectivity index (χ0) is 17.7. The minimum Gasteiger partial charge on any atom is -0.365 e. The monoisotopic (exact) mass is 362 g/mol. The van der Waals surface area contributed by atoms with Crippen molar-refractivity contribution in [2.45, 2.75) is 0 Å². The molecule has 0 spiro atoms. The fraction of sp³-hybridized carbons (Fsp3) is 0. The number of anilines is 1. The number of aromatic nitrogens is 1. The molecule has 8 heteroatoms. The van der Waals surface area contributed by atoms with E-state index in [2.05, 4.69) is 10.3 Å². The second kappa shape index (κ2) is 7.72. The minimum absolute atomic E-state index is 0.0523. The average Bonchev–Trinajstić information content (AvgIpc) is 2.55. The van der Waals surface area contributed by atoms with E-state index < -0.39 is 11.8 Å². The summed E-state index contributed by atoms with van der Waals surface area (Å²) in [6.45, 7) is 0. The Balaban J connectivity index is 2.27. The molecule has 0 unspecified atom stereocenters. The Kier molecular flexibility index (Phi) is 5.68. The molecule has 0 atom stereocenters. The molecule has 0 saturated heterocycles. The molecule has 0 bridgehead atoms. The number of amides is 2. The lowest BCUT2D eigenvalue weighted by Crippen LogP contribution is -2.26. The standard InChI is InChI=1S/C16H12Cl2N4O2/c17-10-1-2-14(12(18)7-10)22-16(24)11(15(20)23)8-13(19)9-3-5-21-6-4-9/h1-8,19H,(H2,20,23)(H,22,24)/b11-8+,19-13?. The molecule has 2 rings (SSSR count). The van der Waals surface area contributed by atoms with Gasteiger partial charge in [0.1, 0.15) is 5.57 Å². The summed E-state index contributed by atoms with van der Waals surface area (Å²) >= 11 is 11.8. The quantitative estimate of drug-likeness (QED) is 0.329. The highest BCUT2D eigenvalue weighted by Gasteiger charge is 2.18.